The summed E-state index contributed by atoms with van der Waals surface area (Å²) < 4.78 is 15.9. The third-order valence-corrected chi connectivity index (χ3v) is 1.52. The maximum absolute atomic E-state index is 5.44. The minimum atomic E-state index is -0.491. The number of hydrogen-bond acceptors (Lipinski definition) is 3. The maximum atomic E-state index is 5.44. The first-order valence-electron chi connectivity index (χ1n) is 4.63. The molecule has 0 spiro atoms. The lowest BCUT2D eigenvalue weighted by Gasteiger charge is -2.16. The fourth-order valence-corrected chi connectivity index (χ4v) is 0.685. The zero-order valence-electron chi connectivity index (χ0n) is 8.50. The molecule has 0 fully saturated rings. The Bertz CT molecular complexity index is 94.3. The molecule has 0 rings (SSSR count). The molecule has 0 N–H and O–H groups in total. The molecule has 12 heavy (non-hydrogen) atoms. The third-order valence-electron chi connectivity index (χ3n) is 1.52. The largest absolute Gasteiger partial charge is 0.639 e. The van der Waals surface area contributed by atoms with E-state index in [9.17, 15) is 0 Å². The molecule has 4 heteroatoms. The van der Waals surface area contributed by atoms with Crippen LogP contribution in [0, 0.1) is 0 Å². The lowest BCUT2D eigenvalue weighted by molar-refractivity contribution is 0.0689. The molecular formula is C8H19BO3. The molecule has 0 radical (unpaired) electrons. The Labute approximate surface area is 75.6 Å². The summed E-state index contributed by atoms with van der Waals surface area (Å²) in [5.41, 5.74) is 0. The van der Waals surface area contributed by atoms with Crippen LogP contribution in [0.2, 0.25) is 0 Å². The normalized spacial score (nSPS) is 13.0. The average Bonchev–Trinajstić information content (AvgIpc) is 2.05. The van der Waals surface area contributed by atoms with Crippen LogP contribution in [0.4, 0.5) is 0 Å². The molecule has 0 aliphatic rings. The quantitative estimate of drug-likeness (QED) is 0.551. The monoisotopic (exact) mass is 174 g/mol. The molecule has 0 amide bonds. The fourth-order valence-electron chi connectivity index (χ4n) is 0.685. The van der Waals surface area contributed by atoms with E-state index >= 15 is 0 Å². The highest BCUT2D eigenvalue weighted by Gasteiger charge is 2.21. The third kappa shape index (κ3) is 5.58. The molecule has 0 bridgehead atoms. The molecule has 0 aromatic carbocycles. The summed E-state index contributed by atoms with van der Waals surface area (Å²) in [6.45, 7) is 9.14. The topological polar surface area (TPSA) is 27.7 Å². The van der Waals surface area contributed by atoms with Crippen molar-refractivity contribution < 1.29 is 14.0 Å². The van der Waals surface area contributed by atoms with Gasteiger partial charge in [-0.25, -0.2) is 0 Å². The summed E-state index contributed by atoms with van der Waals surface area (Å²) in [6, 6.07) is 0. The smallest absolute Gasteiger partial charge is 0.386 e. The first-order chi connectivity index (χ1) is 5.74. The molecule has 0 aliphatic carbocycles. The summed E-state index contributed by atoms with van der Waals surface area (Å²) in [6.07, 6.45) is 1.16. The summed E-state index contributed by atoms with van der Waals surface area (Å²) in [5, 5.41) is 0. The maximum Gasteiger partial charge on any atom is 0.639 e. The molecule has 1 atom stereocenters. The van der Waals surface area contributed by atoms with Crippen molar-refractivity contribution in [2.45, 2.75) is 40.2 Å². The molecule has 0 aliphatic heterocycles. The van der Waals surface area contributed by atoms with Gasteiger partial charge in [0.15, 0.2) is 0 Å². The van der Waals surface area contributed by atoms with Gasteiger partial charge in [-0.3, -0.25) is 0 Å². The minimum Gasteiger partial charge on any atom is -0.386 e. The van der Waals surface area contributed by atoms with E-state index in [1.54, 1.807) is 0 Å². The van der Waals surface area contributed by atoms with Crippen LogP contribution < -0.4 is 0 Å². The van der Waals surface area contributed by atoms with Crippen molar-refractivity contribution in [1.29, 1.82) is 0 Å². The Hall–Kier alpha value is -0.0551. The first-order valence-corrected chi connectivity index (χ1v) is 4.63. The highest BCUT2D eigenvalue weighted by molar-refractivity contribution is 6.36. The van der Waals surface area contributed by atoms with Gasteiger partial charge in [0.25, 0.3) is 0 Å². The van der Waals surface area contributed by atoms with Gasteiger partial charge in [0.05, 0.1) is 0 Å². The van der Waals surface area contributed by atoms with E-state index in [0.29, 0.717) is 13.2 Å². The van der Waals surface area contributed by atoms with E-state index in [2.05, 4.69) is 6.92 Å². The van der Waals surface area contributed by atoms with E-state index in [4.69, 9.17) is 14.0 Å². The molecule has 1 unspecified atom stereocenters. The van der Waals surface area contributed by atoms with E-state index in [1.165, 1.54) is 0 Å². The van der Waals surface area contributed by atoms with Gasteiger partial charge in [-0.1, -0.05) is 6.92 Å². The zero-order chi connectivity index (χ0) is 9.40. The van der Waals surface area contributed by atoms with Gasteiger partial charge in [-0.2, -0.15) is 0 Å². The van der Waals surface area contributed by atoms with Crippen LogP contribution >= 0.6 is 0 Å². The van der Waals surface area contributed by atoms with Gasteiger partial charge in [0.2, 0.25) is 0 Å². The van der Waals surface area contributed by atoms with Crippen molar-refractivity contribution in [3.63, 3.8) is 0 Å². The average molecular weight is 174 g/mol. The summed E-state index contributed by atoms with van der Waals surface area (Å²) >= 11 is 0. The Kier molecular flexibility index (Phi) is 7.55. The van der Waals surface area contributed by atoms with Gasteiger partial charge in [0.1, 0.15) is 0 Å². The van der Waals surface area contributed by atoms with Crippen LogP contribution in [-0.2, 0) is 14.0 Å². The first kappa shape index (κ1) is 11.9. The SMILES string of the molecule is CCOB(OCC)OC(C)CC. The summed E-state index contributed by atoms with van der Waals surface area (Å²) in [4.78, 5) is 0. The fraction of sp³-hybridized carbons (Fsp3) is 1.00. The van der Waals surface area contributed by atoms with Gasteiger partial charge in [-0.05, 0) is 27.2 Å². The number of rotatable bonds is 7. The molecule has 0 heterocycles. The molecule has 0 aromatic rings. The predicted molar refractivity (Wildman–Crippen MR) is 49.8 cm³/mol. The van der Waals surface area contributed by atoms with Crippen LogP contribution in [0.25, 0.3) is 0 Å². The highest BCUT2D eigenvalue weighted by Crippen LogP contribution is 2.01. The lowest BCUT2D eigenvalue weighted by atomic mass is 10.2. The number of hydrogen-bond donors (Lipinski definition) is 0. The Morgan fingerprint density at radius 1 is 1.08 bits per heavy atom. The molecule has 72 valence electrons. The second-order valence-electron chi connectivity index (χ2n) is 2.55. The van der Waals surface area contributed by atoms with E-state index in [-0.39, 0.29) is 6.10 Å². The van der Waals surface area contributed by atoms with Crippen molar-refractivity contribution in [2.75, 3.05) is 13.2 Å². The van der Waals surface area contributed by atoms with Crippen LogP contribution in [0.5, 0.6) is 0 Å². The summed E-state index contributed by atoms with van der Waals surface area (Å²) in [5.74, 6) is 0. The molecule has 0 saturated heterocycles. The van der Waals surface area contributed by atoms with Gasteiger partial charge in [0, 0.05) is 19.3 Å². The second-order valence-corrected chi connectivity index (χ2v) is 2.55. The Morgan fingerprint density at radius 2 is 1.58 bits per heavy atom. The molecule has 0 aromatic heterocycles. The van der Waals surface area contributed by atoms with Crippen molar-refractivity contribution in [2.24, 2.45) is 0 Å². The van der Waals surface area contributed by atoms with Crippen molar-refractivity contribution in [3.05, 3.63) is 0 Å². The van der Waals surface area contributed by atoms with E-state index in [1.807, 2.05) is 20.8 Å². The standard InChI is InChI=1S/C8H19BO3/c1-5-8(4)12-9(10-6-2)11-7-3/h8H,5-7H2,1-4H3. The summed E-state index contributed by atoms with van der Waals surface area (Å²) in [7, 11) is -0.491. The van der Waals surface area contributed by atoms with E-state index in [0.717, 1.165) is 6.42 Å². The minimum absolute atomic E-state index is 0.188. The van der Waals surface area contributed by atoms with Crippen LogP contribution in [0.15, 0.2) is 0 Å². The van der Waals surface area contributed by atoms with Crippen molar-refractivity contribution in [3.8, 4) is 0 Å². The van der Waals surface area contributed by atoms with Crippen molar-refractivity contribution in [1.82, 2.24) is 0 Å². The zero-order valence-corrected chi connectivity index (χ0v) is 8.50. The van der Waals surface area contributed by atoms with Crippen LogP contribution in [-0.4, -0.2) is 26.6 Å². The Balaban J connectivity index is 3.61. The predicted octanol–water partition coefficient (Wildman–Crippen LogP) is 1.86. The molecular weight excluding hydrogens is 155 g/mol. The lowest BCUT2D eigenvalue weighted by Crippen LogP contribution is -2.30. The Morgan fingerprint density at radius 3 is 1.92 bits per heavy atom. The highest BCUT2D eigenvalue weighted by atomic mass is 16.7. The molecule has 0 saturated carbocycles. The molecule has 3 nitrogen and oxygen atoms in total. The van der Waals surface area contributed by atoms with Gasteiger partial charge >= 0.3 is 7.32 Å². The van der Waals surface area contributed by atoms with E-state index < -0.39 is 7.32 Å². The van der Waals surface area contributed by atoms with Crippen LogP contribution in [0.3, 0.4) is 0 Å². The van der Waals surface area contributed by atoms with Crippen molar-refractivity contribution >= 4 is 7.32 Å². The van der Waals surface area contributed by atoms with Crippen LogP contribution in [0.1, 0.15) is 34.1 Å². The second kappa shape index (κ2) is 7.59. The van der Waals surface area contributed by atoms with Gasteiger partial charge in [-0.15, -0.1) is 0 Å². The van der Waals surface area contributed by atoms with Gasteiger partial charge < -0.3 is 14.0 Å².